The van der Waals surface area contributed by atoms with Gasteiger partial charge in [0.05, 0.1) is 6.10 Å². The van der Waals surface area contributed by atoms with Crippen LogP contribution in [0.2, 0.25) is 0 Å². The molecule has 1 aliphatic rings. The Bertz CT molecular complexity index is 356. The Hall–Kier alpha value is -0.610. The van der Waals surface area contributed by atoms with Gasteiger partial charge in [0.2, 0.25) is 5.91 Å². The van der Waals surface area contributed by atoms with Crippen molar-refractivity contribution in [3.8, 4) is 0 Å². The number of carbonyl (C=O) groups excluding carboxylic acids is 1. The molecule has 0 aromatic carbocycles. The Morgan fingerprint density at radius 3 is 2.05 bits per heavy atom. The number of amides is 1. The van der Waals surface area contributed by atoms with Crippen LogP contribution >= 0.6 is 0 Å². The molecule has 0 aliphatic heterocycles. The van der Waals surface area contributed by atoms with Crippen molar-refractivity contribution in [2.45, 2.75) is 66.5 Å². The minimum Gasteiger partial charge on any atom is -0.378 e. The summed E-state index contributed by atoms with van der Waals surface area (Å²) in [4.78, 5) is 15.0. The lowest BCUT2D eigenvalue weighted by Gasteiger charge is -2.58. The highest BCUT2D eigenvalue weighted by atomic mass is 16.5. The van der Waals surface area contributed by atoms with E-state index in [9.17, 15) is 4.79 Å². The molecule has 0 spiro atoms. The van der Waals surface area contributed by atoms with Crippen LogP contribution in [0.3, 0.4) is 0 Å². The van der Waals surface area contributed by atoms with Gasteiger partial charge in [-0.2, -0.15) is 0 Å². The first-order valence-corrected chi connectivity index (χ1v) is 8.26. The van der Waals surface area contributed by atoms with Crippen molar-refractivity contribution >= 4 is 5.91 Å². The molecular weight excluding hydrogens is 264 g/mol. The number of hydrogen-bond acceptors (Lipinski definition) is 3. The summed E-state index contributed by atoms with van der Waals surface area (Å²) in [6.45, 7) is 16.8. The molecule has 2 N–H and O–H groups in total. The van der Waals surface area contributed by atoms with Crippen LogP contribution in [0.1, 0.15) is 54.9 Å². The van der Waals surface area contributed by atoms with Crippen molar-refractivity contribution in [2.24, 2.45) is 23.0 Å². The number of carbonyl (C=O) groups is 1. The van der Waals surface area contributed by atoms with Crippen LogP contribution in [-0.2, 0) is 9.53 Å². The Balaban J connectivity index is 2.88. The molecule has 0 aromatic rings. The van der Waals surface area contributed by atoms with Crippen molar-refractivity contribution in [2.75, 3.05) is 19.7 Å². The van der Waals surface area contributed by atoms with Crippen molar-refractivity contribution in [3.05, 3.63) is 0 Å². The Morgan fingerprint density at radius 2 is 1.71 bits per heavy atom. The number of rotatable bonds is 7. The molecule has 1 rings (SSSR count). The van der Waals surface area contributed by atoms with Crippen LogP contribution in [0.15, 0.2) is 0 Å². The standard InChI is InChI=1S/C17H34N2O2/c1-8-21-14-9-17(18,16(14,6)7)15(20)19(10-12(2)3)11-13(4)5/h12-14H,8-11,18H2,1-7H3. The van der Waals surface area contributed by atoms with Crippen molar-refractivity contribution in [3.63, 3.8) is 0 Å². The number of nitrogens with zero attached hydrogens (tertiary/aromatic N) is 1. The van der Waals surface area contributed by atoms with Gasteiger partial charge in [-0.05, 0) is 18.8 Å². The molecule has 21 heavy (non-hydrogen) atoms. The van der Waals surface area contributed by atoms with Gasteiger partial charge in [0.1, 0.15) is 5.54 Å². The molecule has 4 heteroatoms. The van der Waals surface area contributed by atoms with Crippen LogP contribution in [0.5, 0.6) is 0 Å². The average Bonchev–Trinajstić information content (AvgIpc) is 2.35. The maximum atomic E-state index is 13.0. The van der Waals surface area contributed by atoms with E-state index < -0.39 is 5.54 Å². The van der Waals surface area contributed by atoms with E-state index in [-0.39, 0.29) is 17.4 Å². The summed E-state index contributed by atoms with van der Waals surface area (Å²) in [5, 5.41) is 0. The van der Waals surface area contributed by atoms with E-state index in [4.69, 9.17) is 10.5 Å². The van der Waals surface area contributed by atoms with Gasteiger partial charge in [0.15, 0.2) is 0 Å². The van der Waals surface area contributed by atoms with Gasteiger partial charge in [-0.15, -0.1) is 0 Å². The highest BCUT2D eigenvalue weighted by molar-refractivity contribution is 5.89. The van der Waals surface area contributed by atoms with E-state index >= 15 is 0 Å². The minimum absolute atomic E-state index is 0.0800. The molecule has 0 bridgehead atoms. The predicted octanol–water partition coefficient (Wildman–Crippen LogP) is 2.66. The average molecular weight is 298 g/mol. The summed E-state index contributed by atoms with van der Waals surface area (Å²) < 4.78 is 5.73. The summed E-state index contributed by atoms with van der Waals surface area (Å²) in [5.41, 5.74) is 5.42. The molecule has 1 fully saturated rings. The quantitative estimate of drug-likeness (QED) is 0.786. The van der Waals surface area contributed by atoms with Gasteiger partial charge in [0.25, 0.3) is 0 Å². The normalized spacial score (nSPS) is 27.8. The second-order valence-electron chi connectivity index (χ2n) is 7.84. The van der Waals surface area contributed by atoms with Crippen LogP contribution < -0.4 is 5.73 Å². The number of nitrogens with two attached hydrogens (primary N) is 1. The van der Waals surface area contributed by atoms with E-state index in [0.29, 0.717) is 24.9 Å². The van der Waals surface area contributed by atoms with Gasteiger partial charge < -0.3 is 15.4 Å². The van der Waals surface area contributed by atoms with Crippen molar-refractivity contribution in [1.29, 1.82) is 0 Å². The minimum atomic E-state index is -0.795. The zero-order valence-corrected chi connectivity index (χ0v) is 14.9. The molecule has 1 aliphatic carbocycles. The Kier molecular flexibility index (Phi) is 5.84. The third-order valence-corrected chi connectivity index (χ3v) is 4.67. The lowest BCUT2D eigenvalue weighted by Crippen LogP contribution is -2.76. The van der Waals surface area contributed by atoms with E-state index in [2.05, 4.69) is 41.5 Å². The van der Waals surface area contributed by atoms with E-state index in [1.165, 1.54) is 0 Å². The summed E-state index contributed by atoms with van der Waals surface area (Å²) in [7, 11) is 0. The molecule has 1 saturated carbocycles. The fraction of sp³-hybridized carbons (Fsp3) is 0.941. The number of hydrogen-bond donors (Lipinski definition) is 1. The SMILES string of the molecule is CCOC1CC(N)(C(=O)N(CC(C)C)CC(C)C)C1(C)C. The summed E-state index contributed by atoms with van der Waals surface area (Å²) >= 11 is 0. The summed E-state index contributed by atoms with van der Waals surface area (Å²) in [5.74, 6) is 0.982. The molecule has 124 valence electrons. The third kappa shape index (κ3) is 3.59. The van der Waals surface area contributed by atoms with Crippen molar-refractivity contribution in [1.82, 2.24) is 4.90 Å². The topological polar surface area (TPSA) is 55.6 Å². The van der Waals surface area contributed by atoms with Crippen LogP contribution in [-0.4, -0.2) is 42.1 Å². The monoisotopic (exact) mass is 298 g/mol. The second kappa shape index (κ2) is 6.66. The lowest BCUT2D eigenvalue weighted by molar-refractivity contribution is -0.180. The van der Waals surface area contributed by atoms with Gasteiger partial charge in [-0.1, -0.05) is 41.5 Å². The van der Waals surface area contributed by atoms with Crippen LogP contribution in [0, 0.1) is 17.3 Å². The van der Waals surface area contributed by atoms with Gasteiger partial charge in [-0.3, -0.25) is 4.79 Å². The molecular formula is C17H34N2O2. The number of ether oxygens (including phenoxy) is 1. The molecule has 0 aromatic heterocycles. The first-order valence-electron chi connectivity index (χ1n) is 8.26. The lowest BCUT2D eigenvalue weighted by atomic mass is 9.54. The van der Waals surface area contributed by atoms with Gasteiger partial charge >= 0.3 is 0 Å². The Labute approximate surface area is 130 Å². The van der Waals surface area contributed by atoms with E-state index in [0.717, 1.165) is 13.1 Å². The highest BCUT2D eigenvalue weighted by Crippen LogP contribution is 2.50. The Morgan fingerprint density at radius 1 is 1.24 bits per heavy atom. The van der Waals surface area contributed by atoms with Gasteiger partial charge in [0, 0.05) is 31.5 Å². The fourth-order valence-corrected chi connectivity index (χ4v) is 3.20. The van der Waals surface area contributed by atoms with E-state index in [1.807, 2.05) is 11.8 Å². The third-order valence-electron chi connectivity index (χ3n) is 4.67. The smallest absolute Gasteiger partial charge is 0.243 e. The second-order valence-corrected chi connectivity index (χ2v) is 7.84. The van der Waals surface area contributed by atoms with Crippen molar-refractivity contribution < 1.29 is 9.53 Å². The first kappa shape index (κ1) is 18.4. The fourth-order valence-electron chi connectivity index (χ4n) is 3.20. The summed E-state index contributed by atoms with van der Waals surface area (Å²) in [6, 6.07) is 0. The van der Waals surface area contributed by atoms with Crippen LogP contribution in [0.4, 0.5) is 0 Å². The molecule has 2 atom stereocenters. The maximum absolute atomic E-state index is 13.0. The zero-order chi connectivity index (χ0) is 16.4. The van der Waals surface area contributed by atoms with Crippen LogP contribution in [0.25, 0.3) is 0 Å². The first-order chi connectivity index (χ1) is 9.56. The summed E-state index contributed by atoms with van der Waals surface area (Å²) in [6.07, 6.45) is 0.704. The molecule has 0 saturated heterocycles. The maximum Gasteiger partial charge on any atom is 0.243 e. The molecule has 0 heterocycles. The largest absolute Gasteiger partial charge is 0.378 e. The molecule has 2 unspecified atom stereocenters. The zero-order valence-electron chi connectivity index (χ0n) is 14.9. The van der Waals surface area contributed by atoms with E-state index in [1.54, 1.807) is 0 Å². The molecule has 1 amide bonds. The van der Waals surface area contributed by atoms with Gasteiger partial charge in [-0.25, -0.2) is 0 Å². The highest BCUT2D eigenvalue weighted by Gasteiger charge is 2.63. The predicted molar refractivity (Wildman–Crippen MR) is 87.0 cm³/mol. The molecule has 0 radical (unpaired) electrons. The molecule has 4 nitrogen and oxygen atoms in total.